The van der Waals surface area contributed by atoms with E-state index in [1.807, 2.05) is 60.0 Å². The molecule has 0 amide bonds. The highest BCUT2D eigenvalue weighted by Crippen LogP contribution is 2.34. The van der Waals surface area contributed by atoms with E-state index in [9.17, 15) is 9.59 Å². The molecule has 1 atom stereocenters. The monoisotopic (exact) mass is 525 g/mol. The van der Waals surface area contributed by atoms with Crippen LogP contribution in [0.1, 0.15) is 30.3 Å². The van der Waals surface area contributed by atoms with Crippen molar-refractivity contribution in [3.63, 3.8) is 0 Å². The fourth-order valence-electron chi connectivity index (χ4n) is 4.78. The van der Waals surface area contributed by atoms with Gasteiger partial charge in [-0.2, -0.15) is 0 Å². The Labute approximate surface area is 220 Å². The summed E-state index contributed by atoms with van der Waals surface area (Å²) in [6.45, 7) is 3.83. The van der Waals surface area contributed by atoms with Crippen LogP contribution in [0.2, 0.25) is 0 Å². The van der Waals surface area contributed by atoms with E-state index in [2.05, 4.69) is 28.2 Å². The largest absolute Gasteiger partial charge is 0.463 e. The van der Waals surface area contributed by atoms with Crippen LogP contribution in [0.4, 0.5) is 0 Å². The van der Waals surface area contributed by atoms with Crippen molar-refractivity contribution in [2.24, 2.45) is 4.99 Å². The number of rotatable bonds is 5. The number of hydrogen-bond acceptors (Lipinski definition) is 6. The lowest BCUT2D eigenvalue weighted by atomic mass is 10.0. The minimum Gasteiger partial charge on any atom is -0.463 e. The van der Waals surface area contributed by atoms with E-state index in [-0.39, 0.29) is 12.2 Å². The molecule has 6 nitrogen and oxygen atoms in total. The van der Waals surface area contributed by atoms with Crippen molar-refractivity contribution in [3.05, 3.63) is 114 Å². The first-order chi connectivity index (χ1) is 18.1. The Morgan fingerprint density at radius 2 is 1.89 bits per heavy atom. The van der Waals surface area contributed by atoms with Crippen molar-refractivity contribution < 1.29 is 9.53 Å². The van der Waals surface area contributed by atoms with E-state index in [1.54, 1.807) is 18.4 Å². The van der Waals surface area contributed by atoms with Gasteiger partial charge in [0.25, 0.3) is 5.56 Å². The van der Waals surface area contributed by atoms with Gasteiger partial charge in [-0.25, -0.2) is 9.79 Å². The van der Waals surface area contributed by atoms with Crippen molar-refractivity contribution in [2.45, 2.75) is 19.9 Å². The first kappa shape index (κ1) is 23.4. The van der Waals surface area contributed by atoms with Gasteiger partial charge in [0.15, 0.2) is 4.80 Å². The molecule has 0 spiro atoms. The number of esters is 1. The van der Waals surface area contributed by atoms with Crippen LogP contribution in [0.5, 0.6) is 0 Å². The number of nitrogens with one attached hydrogen (secondary N) is 1. The maximum absolute atomic E-state index is 14.0. The zero-order valence-corrected chi connectivity index (χ0v) is 21.9. The van der Waals surface area contributed by atoms with Crippen LogP contribution in [0.15, 0.2) is 93.2 Å². The molecule has 0 aliphatic carbocycles. The Morgan fingerprint density at radius 3 is 2.65 bits per heavy atom. The molecule has 0 saturated heterocycles. The Kier molecular flexibility index (Phi) is 5.98. The van der Waals surface area contributed by atoms with Gasteiger partial charge in [-0.05, 0) is 43.0 Å². The molecular formula is C29H23N3O3S2. The molecule has 2 aromatic carbocycles. The predicted octanol–water partition coefficient (Wildman–Crippen LogP) is 5.01. The molecule has 1 N–H and O–H groups in total. The molecule has 4 heterocycles. The average molecular weight is 526 g/mol. The third kappa shape index (κ3) is 3.98. The standard InChI is InChI=1S/C29H23N3O3S2/c1-3-35-28(34)24-17(2)30-29-32(26(24)22-14-9-15-36-22)27(33)23(37-29)16-20-19-12-7-8-13-21(19)31-25(20)18-10-5-4-6-11-18/h4-16,26,31H,3H2,1-2H3/t26-/m1/s1. The fraction of sp³-hybridized carbons (Fsp3) is 0.138. The average Bonchev–Trinajstić information content (AvgIpc) is 3.63. The van der Waals surface area contributed by atoms with Crippen molar-refractivity contribution in [2.75, 3.05) is 6.61 Å². The van der Waals surface area contributed by atoms with Gasteiger partial charge in [-0.1, -0.05) is 65.9 Å². The molecule has 0 fully saturated rings. The number of benzene rings is 2. The minimum atomic E-state index is -0.575. The molecule has 0 bridgehead atoms. The molecule has 0 unspecified atom stereocenters. The second-order valence-electron chi connectivity index (χ2n) is 8.64. The Hall–Kier alpha value is -4.01. The molecule has 0 radical (unpaired) electrons. The first-order valence-electron chi connectivity index (χ1n) is 12.0. The van der Waals surface area contributed by atoms with Crippen LogP contribution in [-0.4, -0.2) is 22.1 Å². The number of thiophene rings is 1. The highest BCUT2D eigenvalue weighted by atomic mass is 32.1. The SMILES string of the molecule is CCOC(=O)C1=C(C)N=c2sc(=Cc3c(-c4ccccc4)[nH]c4ccccc34)c(=O)n2[C@@H]1c1cccs1. The first-order valence-corrected chi connectivity index (χ1v) is 13.7. The van der Waals surface area contributed by atoms with E-state index in [1.165, 1.54) is 22.7 Å². The molecular weight excluding hydrogens is 502 g/mol. The van der Waals surface area contributed by atoms with Gasteiger partial charge in [0.1, 0.15) is 6.04 Å². The summed E-state index contributed by atoms with van der Waals surface area (Å²) < 4.78 is 7.56. The summed E-state index contributed by atoms with van der Waals surface area (Å²) in [4.78, 5) is 36.6. The van der Waals surface area contributed by atoms with E-state index in [4.69, 9.17) is 4.74 Å². The maximum Gasteiger partial charge on any atom is 0.338 e. The van der Waals surface area contributed by atoms with Crippen LogP contribution in [0.3, 0.4) is 0 Å². The topological polar surface area (TPSA) is 76.4 Å². The smallest absolute Gasteiger partial charge is 0.338 e. The van der Waals surface area contributed by atoms with Crippen LogP contribution in [0, 0.1) is 0 Å². The summed E-state index contributed by atoms with van der Waals surface area (Å²) in [5.41, 5.74) is 4.72. The highest BCUT2D eigenvalue weighted by molar-refractivity contribution is 7.10. The van der Waals surface area contributed by atoms with Crippen molar-refractivity contribution in [3.8, 4) is 11.3 Å². The van der Waals surface area contributed by atoms with E-state index < -0.39 is 12.0 Å². The predicted molar refractivity (Wildman–Crippen MR) is 148 cm³/mol. The number of thiazole rings is 1. The number of aromatic amines is 1. The third-order valence-electron chi connectivity index (χ3n) is 6.41. The Bertz CT molecular complexity index is 1840. The molecule has 3 aromatic heterocycles. The molecule has 1 aliphatic heterocycles. The number of para-hydroxylation sites is 1. The number of carbonyl (C=O) groups is 1. The van der Waals surface area contributed by atoms with E-state index >= 15 is 0 Å². The molecule has 6 rings (SSSR count). The summed E-state index contributed by atoms with van der Waals surface area (Å²) in [5.74, 6) is -0.445. The van der Waals surface area contributed by atoms with Gasteiger partial charge in [0.05, 0.1) is 28.1 Å². The number of aromatic nitrogens is 2. The highest BCUT2D eigenvalue weighted by Gasteiger charge is 2.34. The van der Waals surface area contributed by atoms with Gasteiger partial charge in [-0.3, -0.25) is 9.36 Å². The second-order valence-corrected chi connectivity index (χ2v) is 10.6. The lowest BCUT2D eigenvalue weighted by molar-refractivity contribution is -0.139. The lowest BCUT2D eigenvalue weighted by Gasteiger charge is -2.23. The lowest BCUT2D eigenvalue weighted by Crippen LogP contribution is -2.39. The van der Waals surface area contributed by atoms with Crippen LogP contribution in [0.25, 0.3) is 28.2 Å². The molecule has 8 heteroatoms. The van der Waals surface area contributed by atoms with Gasteiger partial charge < -0.3 is 9.72 Å². The number of hydrogen-bond donors (Lipinski definition) is 1. The van der Waals surface area contributed by atoms with Crippen LogP contribution in [-0.2, 0) is 9.53 Å². The number of allylic oxidation sites excluding steroid dienone is 1. The van der Waals surface area contributed by atoms with Gasteiger partial charge >= 0.3 is 5.97 Å². The van der Waals surface area contributed by atoms with E-state index in [0.717, 1.165) is 32.6 Å². The number of carbonyl (C=O) groups excluding carboxylic acids is 1. The quantitative estimate of drug-likeness (QED) is 0.328. The Morgan fingerprint density at radius 1 is 1.11 bits per heavy atom. The summed E-state index contributed by atoms with van der Waals surface area (Å²) in [7, 11) is 0. The molecule has 0 saturated carbocycles. The molecule has 5 aromatic rings. The van der Waals surface area contributed by atoms with Gasteiger partial charge in [0, 0.05) is 21.3 Å². The number of nitrogens with zero attached hydrogens (tertiary/aromatic N) is 2. The van der Waals surface area contributed by atoms with Crippen molar-refractivity contribution in [1.82, 2.24) is 9.55 Å². The zero-order chi connectivity index (χ0) is 25.5. The van der Waals surface area contributed by atoms with Crippen LogP contribution >= 0.6 is 22.7 Å². The summed E-state index contributed by atoms with van der Waals surface area (Å²) in [6.07, 6.45) is 1.94. The summed E-state index contributed by atoms with van der Waals surface area (Å²) >= 11 is 2.84. The van der Waals surface area contributed by atoms with Gasteiger partial charge in [-0.15, -0.1) is 11.3 Å². The van der Waals surface area contributed by atoms with Crippen molar-refractivity contribution >= 4 is 45.6 Å². The summed E-state index contributed by atoms with van der Waals surface area (Å²) in [5, 5.41) is 2.98. The number of ether oxygens (including phenoxy) is 1. The number of H-pyrrole nitrogens is 1. The van der Waals surface area contributed by atoms with Crippen molar-refractivity contribution in [1.29, 1.82) is 0 Å². The number of fused-ring (bicyclic) bond motifs is 2. The molecule has 184 valence electrons. The van der Waals surface area contributed by atoms with Crippen LogP contribution < -0.4 is 14.9 Å². The fourth-order valence-corrected chi connectivity index (χ4v) is 6.64. The van der Waals surface area contributed by atoms with Gasteiger partial charge in [0.2, 0.25) is 0 Å². The normalized spacial score (nSPS) is 15.6. The minimum absolute atomic E-state index is 0.180. The third-order valence-corrected chi connectivity index (χ3v) is 8.32. The second kappa shape index (κ2) is 9.46. The Balaban J connectivity index is 1.60. The maximum atomic E-state index is 14.0. The molecule has 37 heavy (non-hydrogen) atoms. The van der Waals surface area contributed by atoms with E-state index in [0.29, 0.717) is 20.6 Å². The summed E-state index contributed by atoms with van der Waals surface area (Å²) in [6, 6.07) is 21.5. The zero-order valence-electron chi connectivity index (χ0n) is 20.2. The molecule has 1 aliphatic rings.